The van der Waals surface area contributed by atoms with E-state index in [0.29, 0.717) is 18.4 Å². The van der Waals surface area contributed by atoms with E-state index >= 15 is 0 Å². The van der Waals surface area contributed by atoms with Gasteiger partial charge in [0.1, 0.15) is 0 Å². The highest BCUT2D eigenvalue weighted by Gasteiger charge is 2.32. The molecule has 3 nitrogen and oxygen atoms in total. The number of nitrogens with zero attached hydrogens (tertiary/aromatic N) is 2. The van der Waals surface area contributed by atoms with Crippen LogP contribution in [0.1, 0.15) is 59.3 Å². The third-order valence-electron chi connectivity index (χ3n) is 4.95. The van der Waals surface area contributed by atoms with E-state index in [-0.39, 0.29) is 5.41 Å². The minimum absolute atomic E-state index is 0.151. The maximum atomic E-state index is 12.5. The normalized spacial score (nSPS) is 25.2. The third-order valence-corrected chi connectivity index (χ3v) is 4.95. The second-order valence-corrected chi connectivity index (χ2v) is 7.09. The maximum absolute atomic E-state index is 12.5. The highest BCUT2D eigenvalue weighted by Crippen LogP contribution is 2.28. The zero-order valence-corrected chi connectivity index (χ0v) is 13.0. The van der Waals surface area contributed by atoms with Gasteiger partial charge < -0.3 is 9.80 Å². The van der Waals surface area contributed by atoms with Gasteiger partial charge in [-0.25, -0.2) is 0 Å². The number of amides is 1. The number of carbonyl (C=O) groups excluding carboxylic acids is 1. The molecular weight excluding hydrogens is 236 g/mol. The predicted molar refractivity (Wildman–Crippen MR) is 79.1 cm³/mol. The van der Waals surface area contributed by atoms with E-state index in [1.807, 2.05) is 0 Å². The average molecular weight is 266 g/mol. The fraction of sp³-hybridized carbons (Fsp3) is 0.938. The molecule has 1 atom stereocenters. The summed E-state index contributed by atoms with van der Waals surface area (Å²) in [4.78, 5) is 17.2. The van der Waals surface area contributed by atoms with Gasteiger partial charge in [-0.3, -0.25) is 4.79 Å². The Bertz CT molecular complexity index is 308. The maximum Gasteiger partial charge on any atom is 0.223 e. The summed E-state index contributed by atoms with van der Waals surface area (Å²) in [6.45, 7) is 11.2. The van der Waals surface area contributed by atoms with Gasteiger partial charge in [-0.1, -0.05) is 27.2 Å². The first-order valence-electron chi connectivity index (χ1n) is 8.04. The summed E-state index contributed by atoms with van der Waals surface area (Å²) in [5, 5.41) is 0. The van der Waals surface area contributed by atoms with Crippen molar-refractivity contribution in [3.63, 3.8) is 0 Å². The summed E-state index contributed by atoms with van der Waals surface area (Å²) >= 11 is 0. The van der Waals surface area contributed by atoms with Gasteiger partial charge in [0.05, 0.1) is 0 Å². The van der Waals surface area contributed by atoms with Crippen LogP contribution in [0, 0.1) is 5.41 Å². The van der Waals surface area contributed by atoms with Gasteiger partial charge in [0.15, 0.2) is 0 Å². The monoisotopic (exact) mass is 266 g/mol. The van der Waals surface area contributed by atoms with Crippen molar-refractivity contribution in [1.82, 2.24) is 9.80 Å². The highest BCUT2D eigenvalue weighted by molar-refractivity contribution is 5.77. The van der Waals surface area contributed by atoms with E-state index in [1.165, 1.54) is 38.8 Å². The molecule has 0 unspecified atom stereocenters. The molecule has 1 amide bonds. The number of rotatable bonds is 5. The van der Waals surface area contributed by atoms with Gasteiger partial charge >= 0.3 is 0 Å². The van der Waals surface area contributed by atoms with Crippen LogP contribution in [0.3, 0.4) is 0 Å². The molecule has 0 bridgehead atoms. The van der Waals surface area contributed by atoms with Crippen LogP contribution in [-0.2, 0) is 4.79 Å². The Morgan fingerprint density at radius 2 is 1.84 bits per heavy atom. The van der Waals surface area contributed by atoms with E-state index in [2.05, 4.69) is 30.6 Å². The van der Waals surface area contributed by atoms with Crippen molar-refractivity contribution in [2.45, 2.75) is 65.3 Å². The molecule has 2 aliphatic heterocycles. The smallest absolute Gasteiger partial charge is 0.223 e. The molecule has 3 heteroatoms. The Morgan fingerprint density at radius 1 is 1.16 bits per heavy atom. The van der Waals surface area contributed by atoms with Crippen molar-refractivity contribution < 1.29 is 4.79 Å². The van der Waals surface area contributed by atoms with E-state index in [1.54, 1.807) is 0 Å². The molecular formula is C16H30N2O. The quantitative estimate of drug-likeness (QED) is 0.764. The zero-order chi connectivity index (χ0) is 13.9. The second-order valence-electron chi connectivity index (χ2n) is 7.09. The lowest BCUT2D eigenvalue weighted by Gasteiger charge is -2.31. The summed E-state index contributed by atoms with van der Waals surface area (Å²) in [6, 6.07) is 0.484. The first-order chi connectivity index (χ1) is 9.02. The molecule has 0 aromatic carbocycles. The van der Waals surface area contributed by atoms with E-state index in [0.717, 1.165) is 19.5 Å². The van der Waals surface area contributed by atoms with Gasteiger partial charge in [0.2, 0.25) is 5.91 Å². The molecule has 0 aromatic rings. The van der Waals surface area contributed by atoms with Gasteiger partial charge in [-0.05, 0) is 44.2 Å². The second kappa shape index (κ2) is 6.25. The minimum Gasteiger partial charge on any atom is -0.338 e. The van der Waals surface area contributed by atoms with Crippen molar-refractivity contribution in [2.75, 3.05) is 26.2 Å². The molecule has 2 fully saturated rings. The lowest BCUT2D eigenvalue weighted by Crippen LogP contribution is -2.43. The molecule has 2 aliphatic rings. The third kappa shape index (κ3) is 3.95. The summed E-state index contributed by atoms with van der Waals surface area (Å²) < 4.78 is 0. The summed E-state index contributed by atoms with van der Waals surface area (Å²) in [7, 11) is 0. The molecule has 0 aromatic heterocycles. The van der Waals surface area contributed by atoms with E-state index in [9.17, 15) is 4.79 Å². The van der Waals surface area contributed by atoms with Crippen LogP contribution in [0.5, 0.6) is 0 Å². The SMILES string of the molecule is CCC(C)(C)CC(=O)N1CCC[C@H]1CN1CCCC1. The van der Waals surface area contributed by atoms with Crippen LogP contribution in [-0.4, -0.2) is 47.9 Å². The Morgan fingerprint density at radius 3 is 2.47 bits per heavy atom. The number of carbonyl (C=O) groups is 1. The van der Waals surface area contributed by atoms with E-state index in [4.69, 9.17) is 0 Å². The Labute approximate surface area is 118 Å². The topological polar surface area (TPSA) is 23.6 Å². The van der Waals surface area contributed by atoms with Crippen molar-refractivity contribution in [3.05, 3.63) is 0 Å². The van der Waals surface area contributed by atoms with Crippen LogP contribution in [0.4, 0.5) is 0 Å². The van der Waals surface area contributed by atoms with Crippen molar-refractivity contribution in [1.29, 1.82) is 0 Å². The van der Waals surface area contributed by atoms with Crippen molar-refractivity contribution in [3.8, 4) is 0 Å². The Hall–Kier alpha value is -0.570. The first-order valence-corrected chi connectivity index (χ1v) is 8.04. The number of hydrogen-bond donors (Lipinski definition) is 0. The molecule has 2 saturated heterocycles. The molecule has 0 aliphatic carbocycles. The molecule has 110 valence electrons. The van der Waals surface area contributed by atoms with Crippen LogP contribution in [0.15, 0.2) is 0 Å². The van der Waals surface area contributed by atoms with Crippen molar-refractivity contribution in [2.24, 2.45) is 5.41 Å². The van der Waals surface area contributed by atoms with Crippen LogP contribution in [0.25, 0.3) is 0 Å². The van der Waals surface area contributed by atoms with E-state index < -0.39 is 0 Å². The highest BCUT2D eigenvalue weighted by atomic mass is 16.2. The van der Waals surface area contributed by atoms with Crippen molar-refractivity contribution >= 4 is 5.91 Å². The Kier molecular flexibility index (Phi) is 4.88. The Balaban J connectivity index is 1.88. The fourth-order valence-corrected chi connectivity index (χ4v) is 3.25. The molecule has 0 spiro atoms. The van der Waals surface area contributed by atoms with Gasteiger partial charge in [-0.15, -0.1) is 0 Å². The van der Waals surface area contributed by atoms with Crippen LogP contribution in [0.2, 0.25) is 0 Å². The fourth-order valence-electron chi connectivity index (χ4n) is 3.25. The molecule has 19 heavy (non-hydrogen) atoms. The molecule has 2 rings (SSSR count). The lowest BCUT2D eigenvalue weighted by molar-refractivity contribution is -0.134. The predicted octanol–water partition coefficient (Wildman–Crippen LogP) is 2.90. The number of likely N-dealkylation sites (tertiary alicyclic amines) is 2. The lowest BCUT2D eigenvalue weighted by atomic mass is 9.86. The van der Waals surface area contributed by atoms with Gasteiger partial charge in [0, 0.05) is 25.6 Å². The summed E-state index contributed by atoms with van der Waals surface area (Å²) in [5.41, 5.74) is 0.151. The summed E-state index contributed by atoms with van der Waals surface area (Å²) in [5.74, 6) is 0.383. The standard InChI is InChI=1S/C16H30N2O/c1-4-16(2,3)12-15(19)18-11-7-8-14(18)13-17-9-5-6-10-17/h14H,4-13H2,1-3H3/t14-/m0/s1. The first kappa shape index (κ1) is 14.8. The van der Waals surface area contributed by atoms with Gasteiger partial charge in [-0.2, -0.15) is 0 Å². The van der Waals surface area contributed by atoms with Gasteiger partial charge in [0.25, 0.3) is 0 Å². The molecule has 0 N–H and O–H groups in total. The molecule has 2 heterocycles. The molecule has 0 saturated carbocycles. The van der Waals surface area contributed by atoms with Crippen LogP contribution < -0.4 is 0 Å². The average Bonchev–Trinajstić information content (AvgIpc) is 3.00. The number of hydrogen-bond acceptors (Lipinski definition) is 2. The molecule has 0 radical (unpaired) electrons. The van der Waals surface area contributed by atoms with Crippen LogP contribution >= 0.6 is 0 Å². The summed E-state index contributed by atoms with van der Waals surface area (Å²) in [6.07, 6.45) is 6.85. The zero-order valence-electron chi connectivity index (χ0n) is 13.0. The largest absolute Gasteiger partial charge is 0.338 e. The minimum atomic E-state index is 0.151.